The third-order valence-corrected chi connectivity index (χ3v) is 3.17. The molecule has 0 atom stereocenters. The Morgan fingerprint density at radius 3 is 2.57 bits per heavy atom. The smallest absolute Gasteiger partial charge is 0.258 e. The van der Waals surface area contributed by atoms with E-state index in [1.165, 1.54) is 4.68 Å². The van der Waals surface area contributed by atoms with Crippen LogP contribution in [0.3, 0.4) is 0 Å². The first kappa shape index (κ1) is 15.4. The van der Waals surface area contributed by atoms with Crippen LogP contribution in [-0.4, -0.2) is 24.7 Å². The largest absolute Gasteiger partial charge is 0.329 e. The number of aryl methyl sites for hydroxylation is 2. The molecule has 0 aromatic carbocycles. The fourth-order valence-corrected chi connectivity index (χ4v) is 2.40. The lowest BCUT2D eigenvalue weighted by Gasteiger charge is -2.03. The Hall–Kier alpha value is -2.02. The molecule has 2 aromatic rings. The number of rotatable bonds is 4. The molecular formula is C13H16ClN5O2. The van der Waals surface area contributed by atoms with Crippen molar-refractivity contribution in [3.05, 3.63) is 38.5 Å². The predicted octanol–water partition coefficient (Wildman–Crippen LogP) is 3.04. The SMILES string of the molecule is Cc1cc(-n2nc(CC(C)C)c([N+](=O)[O-])c2Cl)nc(C)n1. The van der Waals surface area contributed by atoms with Crippen molar-refractivity contribution in [3.8, 4) is 5.82 Å². The van der Waals surface area contributed by atoms with E-state index in [4.69, 9.17) is 11.6 Å². The average molecular weight is 310 g/mol. The Balaban J connectivity index is 2.61. The predicted molar refractivity (Wildman–Crippen MR) is 78.8 cm³/mol. The third-order valence-electron chi connectivity index (χ3n) is 2.83. The van der Waals surface area contributed by atoms with Crippen LogP contribution >= 0.6 is 11.6 Å². The molecule has 112 valence electrons. The maximum absolute atomic E-state index is 11.2. The van der Waals surface area contributed by atoms with E-state index in [1.54, 1.807) is 13.0 Å². The lowest BCUT2D eigenvalue weighted by Crippen LogP contribution is -2.04. The quantitative estimate of drug-likeness (QED) is 0.640. The van der Waals surface area contributed by atoms with Gasteiger partial charge in [-0.1, -0.05) is 25.4 Å². The second kappa shape index (κ2) is 5.77. The number of hydrogen-bond donors (Lipinski definition) is 0. The van der Waals surface area contributed by atoms with E-state index < -0.39 is 4.92 Å². The molecule has 21 heavy (non-hydrogen) atoms. The molecule has 0 fully saturated rings. The van der Waals surface area contributed by atoms with Crippen molar-refractivity contribution in [2.45, 2.75) is 34.1 Å². The number of nitrogens with zero attached hydrogens (tertiary/aromatic N) is 5. The second-order valence-electron chi connectivity index (χ2n) is 5.27. The number of halogens is 1. The van der Waals surface area contributed by atoms with Gasteiger partial charge in [-0.25, -0.2) is 9.97 Å². The molecule has 2 rings (SSSR count). The minimum atomic E-state index is -0.496. The summed E-state index contributed by atoms with van der Waals surface area (Å²) in [6.45, 7) is 7.50. The fourth-order valence-electron chi connectivity index (χ4n) is 2.09. The van der Waals surface area contributed by atoms with Crippen molar-refractivity contribution in [1.29, 1.82) is 0 Å². The highest BCUT2D eigenvalue weighted by atomic mass is 35.5. The zero-order valence-electron chi connectivity index (χ0n) is 12.3. The Kier molecular flexibility index (Phi) is 4.22. The van der Waals surface area contributed by atoms with Crippen LogP contribution in [0.15, 0.2) is 6.07 Å². The van der Waals surface area contributed by atoms with Crippen molar-refractivity contribution < 1.29 is 4.92 Å². The van der Waals surface area contributed by atoms with Crippen molar-refractivity contribution in [2.24, 2.45) is 5.92 Å². The molecule has 0 aliphatic heterocycles. The average Bonchev–Trinajstić information content (AvgIpc) is 2.63. The van der Waals surface area contributed by atoms with Gasteiger partial charge in [0.1, 0.15) is 11.5 Å². The van der Waals surface area contributed by atoms with Gasteiger partial charge in [-0.05, 0) is 19.8 Å². The Morgan fingerprint density at radius 1 is 1.38 bits per heavy atom. The molecule has 0 aliphatic carbocycles. The minimum absolute atomic E-state index is 0.0341. The van der Waals surface area contributed by atoms with E-state index in [-0.39, 0.29) is 16.8 Å². The topological polar surface area (TPSA) is 86.7 Å². The molecule has 8 heteroatoms. The summed E-state index contributed by atoms with van der Waals surface area (Å²) in [5, 5.41) is 15.5. The highest BCUT2D eigenvalue weighted by Crippen LogP contribution is 2.31. The van der Waals surface area contributed by atoms with Gasteiger partial charge >= 0.3 is 5.69 Å². The van der Waals surface area contributed by atoms with E-state index in [2.05, 4.69) is 15.1 Å². The molecule has 0 bridgehead atoms. The molecule has 0 amide bonds. The minimum Gasteiger partial charge on any atom is -0.258 e. The van der Waals surface area contributed by atoms with Crippen LogP contribution < -0.4 is 0 Å². The summed E-state index contributed by atoms with van der Waals surface area (Å²) in [5.41, 5.74) is 0.963. The number of hydrogen-bond acceptors (Lipinski definition) is 5. The molecule has 2 aromatic heterocycles. The van der Waals surface area contributed by atoms with Gasteiger partial charge in [-0.2, -0.15) is 9.78 Å². The maximum atomic E-state index is 11.2. The molecule has 2 heterocycles. The monoisotopic (exact) mass is 309 g/mol. The zero-order chi connectivity index (χ0) is 15.7. The lowest BCUT2D eigenvalue weighted by atomic mass is 10.1. The van der Waals surface area contributed by atoms with Crippen LogP contribution in [-0.2, 0) is 6.42 Å². The van der Waals surface area contributed by atoms with Gasteiger partial charge in [-0.3, -0.25) is 10.1 Å². The van der Waals surface area contributed by atoms with Crippen molar-refractivity contribution in [3.63, 3.8) is 0 Å². The molecule has 0 unspecified atom stereocenters. The van der Waals surface area contributed by atoms with Crippen molar-refractivity contribution >= 4 is 17.3 Å². The van der Waals surface area contributed by atoms with Gasteiger partial charge in [0, 0.05) is 18.2 Å². The van der Waals surface area contributed by atoms with Crippen LogP contribution in [0.25, 0.3) is 5.82 Å². The summed E-state index contributed by atoms with van der Waals surface area (Å²) < 4.78 is 1.30. The van der Waals surface area contributed by atoms with Gasteiger partial charge in [0.15, 0.2) is 5.82 Å². The summed E-state index contributed by atoms with van der Waals surface area (Å²) in [6, 6.07) is 1.69. The first-order valence-electron chi connectivity index (χ1n) is 6.54. The van der Waals surface area contributed by atoms with Gasteiger partial charge in [-0.15, -0.1) is 0 Å². The lowest BCUT2D eigenvalue weighted by molar-refractivity contribution is -0.385. The van der Waals surface area contributed by atoms with Crippen LogP contribution in [0.1, 0.15) is 31.1 Å². The van der Waals surface area contributed by atoms with E-state index in [0.717, 1.165) is 5.69 Å². The van der Waals surface area contributed by atoms with Crippen LogP contribution in [0.5, 0.6) is 0 Å². The van der Waals surface area contributed by atoms with E-state index in [1.807, 2.05) is 20.8 Å². The Morgan fingerprint density at radius 2 is 2.05 bits per heavy atom. The van der Waals surface area contributed by atoms with Crippen molar-refractivity contribution in [2.75, 3.05) is 0 Å². The summed E-state index contributed by atoms with van der Waals surface area (Å²) in [4.78, 5) is 19.2. The first-order chi connectivity index (χ1) is 9.79. The molecule has 7 nitrogen and oxygen atoms in total. The van der Waals surface area contributed by atoms with Crippen LogP contribution in [0.4, 0.5) is 5.69 Å². The highest BCUT2D eigenvalue weighted by Gasteiger charge is 2.28. The van der Waals surface area contributed by atoms with Gasteiger partial charge in [0.25, 0.3) is 0 Å². The summed E-state index contributed by atoms with van der Waals surface area (Å²) in [7, 11) is 0. The maximum Gasteiger partial charge on any atom is 0.329 e. The zero-order valence-corrected chi connectivity index (χ0v) is 13.0. The highest BCUT2D eigenvalue weighted by molar-refractivity contribution is 6.32. The number of nitro groups is 1. The molecule has 0 saturated carbocycles. The Labute approximate surface area is 127 Å². The van der Waals surface area contributed by atoms with E-state index >= 15 is 0 Å². The fraction of sp³-hybridized carbons (Fsp3) is 0.462. The summed E-state index contributed by atoms with van der Waals surface area (Å²) >= 11 is 6.15. The summed E-state index contributed by atoms with van der Waals surface area (Å²) in [5.74, 6) is 1.23. The Bertz CT molecular complexity index is 676. The third kappa shape index (κ3) is 3.18. The second-order valence-corrected chi connectivity index (χ2v) is 5.63. The first-order valence-corrected chi connectivity index (χ1v) is 6.91. The standard InChI is InChI=1S/C13H16ClN5O2/c1-7(2)5-10-12(19(20)21)13(14)18(17-10)11-6-8(3)15-9(4)16-11/h6-7H,5H2,1-4H3. The summed E-state index contributed by atoms with van der Waals surface area (Å²) in [6.07, 6.45) is 0.478. The van der Waals surface area contributed by atoms with Gasteiger partial charge < -0.3 is 0 Å². The van der Waals surface area contributed by atoms with E-state index in [9.17, 15) is 10.1 Å². The molecule has 0 aliphatic rings. The molecule has 0 radical (unpaired) electrons. The van der Waals surface area contributed by atoms with Crippen LogP contribution in [0, 0.1) is 29.9 Å². The van der Waals surface area contributed by atoms with Gasteiger partial charge in [0.2, 0.25) is 5.15 Å². The van der Waals surface area contributed by atoms with Crippen LogP contribution in [0.2, 0.25) is 5.15 Å². The van der Waals surface area contributed by atoms with Gasteiger partial charge in [0.05, 0.1) is 4.92 Å². The van der Waals surface area contributed by atoms with Crippen molar-refractivity contribution in [1.82, 2.24) is 19.7 Å². The van der Waals surface area contributed by atoms with E-state index in [0.29, 0.717) is 23.8 Å². The number of aromatic nitrogens is 4. The molecule has 0 spiro atoms. The normalized spacial score (nSPS) is 11.1. The molecule has 0 saturated heterocycles. The molecular weight excluding hydrogens is 294 g/mol. The molecule has 0 N–H and O–H groups in total.